The summed E-state index contributed by atoms with van der Waals surface area (Å²) in [6.45, 7) is 1.77. The molecule has 0 aliphatic rings. The molecular formula is C16H18N2O2. The van der Waals surface area contributed by atoms with Crippen LogP contribution in [0.2, 0.25) is 0 Å². The molecule has 0 fully saturated rings. The lowest BCUT2D eigenvalue weighted by molar-refractivity contribution is 0.139. The maximum absolute atomic E-state index is 11.8. The van der Waals surface area contributed by atoms with Crippen molar-refractivity contribution in [3.63, 3.8) is 0 Å². The molecule has 4 heteroatoms. The molecule has 0 radical (unpaired) electrons. The molecule has 0 saturated heterocycles. The summed E-state index contributed by atoms with van der Waals surface area (Å²) in [5.41, 5.74) is 1.49. The first-order valence-electron chi connectivity index (χ1n) is 6.52. The van der Waals surface area contributed by atoms with Crippen LogP contribution in [0.5, 0.6) is 0 Å². The summed E-state index contributed by atoms with van der Waals surface area (Å²) in [6, 6.07) is 17.7. The summed E-state index contributed by atoms with van der Waals surface area (Å²) >= 11 is 0. The molecule has 4 nitrogen and oxygen atoms in total. The first-order chi connectivity index (χ1) is 9.66. The van der Waals surface area contributed by atoms with E-state index in [2.05, 4.69) is 10.6 Å². The summed E-state index contributed by atoms with van der Waals surface area (Å²) < 4.78 is 0. The van der Waals surface area contributed by atoms with Gasteiger partial charge < -0.3 is 15.7 Å². The van der Waals surface area contributed by atoms with E-state index in [-0.39, 0.29) is 12.1 Å². The van der Waals surface area contributed by atoms with Gasteiger partial charge in [-0.25, -0.2) is 4.79 Å². The number of carbonyl (C=O) groups excluding carboxylic acids is 1. The molecule has 0 aliphatic carbocycles. The van der Waals surface area contributed by atoms with Gasteiger partial charge in [0, 0.05) is 5.69 Å². The maximum atomic E-state index is 11.8. The van der Waals surface area contributed by atoms with Crippen molar-refractivity contribution in [1.82, 2.24) is 5.32 Å². The van der Waals surface area contributed by atoms with Gasteiger partial charge in [0.05, 0.1) is 12.1 Å². The number of amides is 2. The molecule has 2 unspecified atom stereocenters. The molecule has 2 atom stereocenters. The second-order valence-electron chi connectivity index (χ2n) is 4.61. The third kappa shape index (κ3) is 3.83. The van der Waals surface area contributed by atoms with E-state index < -0.39 is 6.10 Å². The second-order valence-corrected chi connectivity index (χ2v) is 4.61. The zero-order valence-corrected chi connectivity index (χ0v) is 11.3. The highest BCUT2D eigenvalue weighted by Gasteiger charge is 2.17. The van der Waals surface area contributed by atoms with Crippen molar-refractivity contribution in [1.29, 1.82) is 0 Å². The smallest absolute Gasteiger partial charge is 0.319 e. The minimum Gasteiger partial charge on any atom is -0.386 e. The highest BCUT2D eigenvalue weighted by molar-refractivity contribution is 5.89. The zero-order chi connectivity index (χ0) is 14.4. The number of nitrogens with one attached hydrogen (secondary N) is 2. The lowest BCUT2D eigenvalue weighted by Crippen LogP contribution is -2.39. The number of benzene rings is 2. The number of hydrogen-bond acceptors (Lipinski definition) is 2. The van der Waals surface area contributed by atoms with Gasteiger partial charge in [0.15, 0.2) is 0 Å². The third-order valence-corrected chi connectivity index (χ3v) is 3.01. The predicted molar refractivity (Wildman–Crippen MR) is 79.5 cm³/mol. The highest BCUT2D eigenvalue weighted by atomic mass is 16.3. The summed E-state index contributed by atoms with van der Waals surface area (Å²) in [4.78, 5) is 11.8. The molecule has 2 rings (SSSR count). The van der Waals surface area contributed by atoms with E-state index in [4.69, 9.17) is 0 Å². The standard InChI is InChI=1S/C16H18N2O2/c1-12(15(19)13-8-4-2-5-9-13)17-16(20)18-14-10-6-3-7-11-14/h2-12,15,19H,1H3,(H2,17,18,20). The average molecular weight is 270 g/mol. The van der Waals surface area contributed by atoms with E-state index in [0.717, 1.165) is 5.56 Å². The van der Waals surface area contributed by atoms with Crippen LogP contribution in [0.1, 0.15) is 18.6 Å². The van der Waals surface area contributed by atoms with Crippen LogP contribution in [0.15, 0.2) is 60.7 Å². The van der Waals surface area contributed by atoms with Gasteiger partial charge in [-0.3, -0.25) is 0 Å². The van der Waals surface area contributed by atoms with Crippen LogP contribution in [0.4, 0.5) is 10.5 Å². The number of urea groups is 1. The van der Waals surface area contributed by atoms with Crippen molar-refractivity contribution in [2.45, 2.75) is 19.1 Å². The van der Waals surface area contributed by atoms with Crippen LogP contribution in [-0.2, 0) is 0 Å². The van der Waals surface area contributed by atoms with E-state index in [1.54, 1.807) is 19.1 Å². The molecule has 2 amide bonds. The first-order valence-corrected chi connectivity index (χ1v) is 6.52. The number of anilines is 1. The zero-order valence-electron chi connectivity index (χ0n) is 11.3. The van der Waals surface area contributed by atoms with Crippen LogP contribution in [0.3, 0.4) is 0 Å². The van der Waals surface area contributed by atoms with Crippen molar-refractivity contribution in [3.05, 3.63) is 66.2 Å². The monoisotopic (exact) mass is 270 g/mol. The first kappa shape index (κ1) is 14.1. The number of aliphatic hydroxyl groups excluding tert-OH is 1. The Bertz CT molecular complexity index is 543. The fraction of sp³-hybridized carbons (Fsp3) is 0.188. The van der Waals surface area contributed by atoms with Crippen molar-refractivity contribution in [2.75, 3.05) is 5.32 Å². The van der Waals surface area contributed by atoms with Crippen LogP contribution in [0.25, 0.3) is 0 Å². The Morgan fingerprint density at radius 1 is 1.00 bits per heavy atom. The van der Waals surface area contributed by atoms with Gasteiger partial charge in [-0.2, -0.15) is 0 Å². The minimum absolute atomic E-state index is 0.335. The Kier molecular flexibility index (Phi) is 4.74. The second kappa shape index (κ2) is 6.73. The van der Waals surface area contributed by atoms with E-state index in [1.807, 2.05) is 48.5 Å². The van der Waals surface area contributed by atoms with Crippen molar-refractivity contribution < 1.29 is 9.90 Å². The number of carbonyl (C=O) groups is 1. The number of aliphatic hydroxyl groups is 1. The number of hydrogen-bond donors (Lipinski definition) is 3. The third-order valence-electron chi connectivity index (χ3n) is 3.01. The van der Waals surface area contributed by atoms with Crippen LogP contribution >= 0.6 is 0 Å². The molecule has 0 aliphatic heterocycles. The average Bonchev–Trinajstić information content (AvgIpc) is 2.48. The summed E-state index contributed by atoms with van der Waals surface area (Å²) in [6.07, 6.45) is -0.738. The largest absolute Gasteiger partial charge is 0.386 e. The molecule has 0 saturated carbocycles. The fourth-order valence-corrected chi connectivity index (χ4v) is 1.91. The van der Waals surface area contributed by atoms with Crippen LogP contribution < -0.4 is 10.6 Å². The van der Waals surface area contributed by atoms with Crippen molar-refractivity contribution in [3.8, 4) is 0 Å². The fourth-order valence-electron chi connectivity index (χ4n) is 1.91. The summed E-state index contributed by atoms with van der Waals surface area (Å²) in [7, 11) is 0. The normalized spacial score (nSPS) is 13.3. The van der Waals surface area contributed by atoms with E-state index in [1.165, 1.54) is 0 Å². The molecule has 0 spiro atoms. The minimum atomic E-state index is -0.738. The molecule has 0 aromatic heterocycles. The van der Waals surface area contributed by atoms with Crippen LogP contribution in [0, 0.1) is 0 Å². The Labute approximate surface area is 118 Å². The summed E-state index contributed by atoms with van der Waals surface area (Å²) in [5, 5.41) is 15.6. The molecule has 0 heterocycles. The molecule has 3 N–H and O–H groups in total. The molecule has 2 aromatic carbocycles. The number of para-hydroxylation sites is 1. The lowest BCUT2D eigenvalue weighted by Gasteiger charge is -2.20. The molecule has 20 heavy (non-hydrogen) atoms. The van der Waals surface area contributed by atoms with Gasteiger partial charge in [-0.1, -0.05) is 48.5 Å². The van der Waals surface area contributed by atoms with Gasteiger partial charge >= 0.3 is 6.03 Å². The highest BCUT2D eigenvalue weighted by Crippen LogP contribution is 2.16. The Hall–Kier alpha value is -2.33. The van der Waals surface area contributed by atoms with E-state index in [0.29, 0.717) is 5.69 Å². The van der Waals surface area contributed by atoms with Gasteiger partial charge in [0.1, 0.15) is 0 Å². The molecular weight excluding hydrogens is 252 g/mol. The van der Waals surface area contributed by atoms with E-state index >= 15 is 0 Å². The molecule has 104 valence electrons. The maximum Gasteiger partial charge on any atom is 0.319 e. The molecule has 0 bridgehead atoms. The van der Waals surface area contributed by atoms with Gasteiger partial charge in [0.2, 0.25) is 0 Å². The lowest BCUT2D eigenvalue weighted by atomic mass is 10.0. The van der Waals surface area contributed by atoms with Gasteiger partial charge in [-0.05, 0) is 24.6 Å². The van der Waals surface area contributed by atoms with Crippen molar-refractivity contribution in [2.24, 2.45) is 0 Å². The Morgan fingerprint density at radius 3 is 2.15 bits per heavy atom. The van der Waals surface area contributed by atoms with Gasteiger partial charge in [-0.15, -0.1) is 0 Å². The Balaban J connectivity index is 1.91. The van der Waals surface area contributed by atoms with Crippen molar-refractivity contribution >= 4 is 11.7 Å². The van der Waals surface area contributed by atoms with E-state index in [9.17, 15) is 9.90 Å². The van der Waals surface area contributed by atoms with Gasteiger partial charge in [0.25, 0.3) is 0 Å². The Morgan fingerprint density at radius 2 is 1.55 bits per heavy atom. The topological polar surface area (TPSA) is 61.4 Å². The molecule has 2 aromatic rings. The SMILES string of the molecule is CC(NC(=O)Nc1ccccc1)C(O)c1ccccc1. The van der Waals surface area contributed by atoms with Crippen LogP contribution in [-0.4, -0.2) is 17.2 Å². The summed E-state index contributed by atoms with van der Waals surface area (Å²) in [5.74, 6) is 0. The predicted octanol–water partition coefficient (Wildman–Crippen LogP) is 2.93. The quantitative estimate of drug-likeness (QED) is 0.800. The number of rotatable bonds is 4.